The lowest BCUT2D eigenvalue weighted by Gasteiger charge is -2.35. The van der Waals surface area contributed by atoms with E-state index < -0.39 is 0 Å². The summed E-state index contributed by atoms with van der Waals surface area (Å²) in [6.45, 7) is 5.33. The van der Waals surface area contributed by atoms with E-state index in [1.165, 1.54) is 5.56 Å². The standard InChI is InChI=1S/C17H24ClNO2/c1-3-8-19-14-10-17(16-6-4-11(2)20-16)21-15-7-5-12(18)9-13(14)15/h5,7,9,11,14,16-17,19H,3-4,6,8,10H2,1-2H3. The highest BCUT2D eigenvalue weighted by molar-refractivity contribution is 6.30. The second kappa shape index (κ2) is 6.55. The fraction of sp³-hybridized carbons (Fsp3) is 0.647. The number of benzene rings is 1. The Kier molecular flexibility index (Phi) is 4.72. The van der Waals surface area contributed by atoms with Crippen molar-refractivity contribution in [2.75, 3.05) is 6.54 Å². The van der Waals surface area contributed by atoms with E-state index in [1.54, 1.807) is 0 Å². The van der Waals surface area contributed by atoms with Gasteiger partial charge in [0.1, 0.15) is 11.9 Å². The third-order valence-corrected chi connectivity index (χ3v) is 4.65. The first-order chi connectivity index (χ1) is 10.2. The van der Waals surface area contributed by atoms with Crippen LogP contribution in [0.25, 0.3) is 0 Å². The molecular weight excluding hydrogens is 286 g/mol. The van der Waals surface area contributed by atoms with Gasteiger partial charge in [-0.15, -0.1) is 0 Å². The number of ether oxygens (including phenoxy) is 2. The number of hydrogen-bond acceptors (Lipinski definition) is 3. The topological polar surface area (TPSA) is 30.5 Å². The molecule has 0 aromatic heterocycles. The molecule has 2 aliphatic heterocycles. The molecule has 4 atom stereocenters. The van der Waals surface area contributed by atoms with Crippen molar-refractivity contribution in [3.8, 4) is 5.75 Å². The summed E-state index contributed by atoms with van der Waals surface area (Å²) in [5.74, 6) is 0.951. The minimum absolute atomic E-state index is 0.137. The minimum atomic E-state index is 0.137. The van der Waals surface area contributed by atoms with Gasteiger partial charge in [0.05, 0.1) is 12.2 Å². The Labute approximate surface area is 132 Å². The van der Waals surface area contributed by atoms with Crippen LogP contribution in [0.15, 0.2) is 18.2 Å². The molecule has 4 unspecified atom stereocenters. The normalized spacial score (nSPS) is 31.8. The van der Waals surface area contributed by atoms with E-state index in [4.69, 9.17) is 21.1 Å². The first-order valence-corrected chi connectivity index (χ1v) is 8.40. The lowest BCUT2D eigenvalue weighted by Crippen LogP contribution is -2.40. The lowest BCUT2D eigenvalue weighted by atomic mass is 9.93. The molecule has 3 rings (SSSR count). The molecule has 0 spiro atoms. The maximum absolute atomic E-state index is 6.21. The van der Waals surface area contributed by atoms with Gasteiger partial charge in [0.2, 0.25) is 0 Å². The molecule has 1 N–H and O–H groups in total. The molecule has 1 aromatic carbocycles. The quantitative estimate of drug-likeness (QED) is 0.908. The first-order valence-electron chi connectivity index (χ1n) is 8.02. The van der Waals surface area contributed by atoms with Gasteiger partial charge in [0, 0.05) is 23.0 Å². The van der Waals surface area contributed by atoms with Crippen molar-refractivity contribution in [2.45, 2.75) is 63.9 Å². The van der Waals surface area contributed by atoms with Crippen molar-refractivity contribution in [2.24, 2.45) is 0 Å². The van der Waals surface area contributed by atoms with Crippen LogP contribution in [0.5, 0.6) is 5.75 Å². The summed E-state index contributed by atoms with van der Waals surface area (Å²) in [4.78, 5) is 0. The Morgan fingerprint density at radius 2 is 2.14 bits per heavy atom. The van der Waals surface area contributed by atoms with E-state index in [0.717, 1.165) is 43.0 Å². The number of rotatable bonds is 4. The summed E-state index contributed by atoms with van der Waals surface area (Å²) in [7, 11) is 0. The third kappa shape index (κ3) is 3.36. The van der Waals surface area contributed by atoms with E-state index in [-0.39, 0.29) is 12.2 Å². The van der Waals surface area contributed by atoms with E-state index in [2.05, 4.69) is 19.2 Å². The van der Waals surface area contributed by atoms with Crippen molar-refractivity contribution in [1.82, 2.24) is 5.32 Å². The third-order valence-electron chi connectivity index (χ3n) is 4.41. The minimum Gasteiger partial charge on any atom is -0.487 e. The summed E-state index contributed by atoms with van der Waals surface area (Å²) in [5, 5.41) is 4.39. The van der Waals surface area contributed by atoms with Gasteiger partial charge >= 0.3 is 0 Å². The van der Waals surface area contributed by atoms with E-state index in [9.17, 15) is 0 Å². The van der Waals surface area contributed by atoms with Crippen molar-refractivity contribution in [3.63, 3.8) is 0 Å². The van der Waals surface area contributed by atoms with Crippen LogP contribution in [0.3, 0.4) is 0 Å². The van der Waals surface area contributed by atoms with Crippen LogP contribution in [0.4, 0.5) is 0 Å². The molecule has 116 valence electrons. The molecule has 0 saturated carbocycles. The van der Waals surface area contributed by atoms with Crippen molar-refractivity contribution < 1.29 is 9.47 Å². The molecule has 0 aliphatic carbocycles. The Balaban J connectivity index is 1.80. The molecule has 0 radical (unpaired) electrons. The highest BCUT2D eigenvalue weighted by Crippen LogP contribution is 2.39. The van der Waals surface area contributed by atoms with Gasteiger partial charge in [0.25, 0.3) is 0 Å². The molecule has 2 heterocycles. The second-order valence-electron chi connectivity index (χ2n) is 6.14. The fourth-order valence-electron chi connectivity index (χ4n) is 3.32. The molecule has 3 nitrogen and oxygen atoms in total. The monoisotopic (exact) mass is 309 g/mol. The zero-order valence-corrected chi connectivity index (χ0v) is 13.5. The summed E-state index contributed by atoms with van der Waals surface area (Å²) < 4.78 is 12.2. The molecule has 1 fully saturated rings. The van der Waals surface area contributed by atoms with Crippen LogP contribution in [0.1, 0.15) is 51.1 Å². The Hall–Kier alpha value is -0.770. The van der Waals surface area contributed by atoms with Crippen LogP contribution >= 0.6 is 11.6 Å². The van der Waals surface area contributed by atoms with Gasteiger partial charge in [0.15, 0.2) is 0 Å². The van der Waals surface area contributed by atoms with Crippen LogP contribution in [-0.2, 0) is 4.74 Å². The van der Waals surface area contributed by atoms with Gasteiger partial charge < -0.3 is 14.8 Å². The summed E-state index contributed by atoms with van der Waals surface area (Å²) in [5.41, 5.74) is 1.18. The van der Waals surface area contributed by atoms with Crippen molar-refractivity contribution >= 4 is 11.6 Å². The Morgan fingerprint density at radius 1 is 1.29 bits per heavy atom. The van der Waals surface area contributed by atoms with E-state index >= 15 is 0 Å². The Morgan fingerprint density at radius 3 is 2.86 bits per heavy atom. The second-order valence-corrected chi connectivity index (χ2v) is 6.58. The maximum Gasteiger partial charge on any atom is 0.127 e. The van der Waals surface area contributed by atoms with Gasteiger partial charge in [-0.1, -0.05) is 18.5 Å². The first kappa shape index (κ1) is 15.1. The molecule has 1 saturated heterocycles. The van der Waals surface area contributed by atoms with Crippen LogP contribution in [0.2, 0.25) is 5.02 Å². The molecule has 2 aliphatic rings. The average molecular weight is 310 g/mol. The van der Waals surface area contributed by atoms with Crippen LogP contribution in [-0.4, -0.2) is 24.9 Å². The predicted molar refractivity (Wildman–Crippen MR) is 85.1 cm³/mol. The molecule has 0 bridgehead atoms. The summed E-state index contributed by atoms with van der Waals surface area (Å²) in [6.07, 6.45) is 5.00. The highest BCUT2D eigenvalue weighted by atomic mass is 35.5. The van der Waals surface area contributed by atoms with Crippen LogP contribution < -0.4 is 10.1 Å². The number of halogens is 1. The van der Waals surface area contributed by atoms with Gasteiger partial charge in [-0.2, -0.15) is 0 Å². The number of fused-ring (bicyclic) bond motifs is 1. The van der Waals surface area contributed by atoms with E-state index in [0.29, 0.717) is 12.1 Å². The molecule has 0 amide bonds. The SMILES string of the molecule is CCCNC1CC(C2CCC(C)O2)Oc2ccc(Cl)cc21. The number of nitrogens with one attached hydrogen (secondary N) is 1. The van der Waals surface area contributed by atoms with Gasteiger partial charge in [-0.3, -0.25) is 0 Å². The predicted octanol–water partition coefficient (Wildman–Crippen LogP) is 4.10. The largest absolute Gasteiger partial charge is 0.487 e. The lowest BCUT2D eigenvalue weighted by molar-refractivity contribution is -0.0299. The molecule has 1 aromatic rings. The van der Waals surface area contributed by atoms with Crippen molar-refractivity contribution in [1.29, 1.82) is 0 Å². The van der Waals surface area contributed by atoms with E-state index in [1.807, 2.05) is 18.2 Å². The summed E-state index contributed by atoms with van der Waals surface area (Å²) in [6, 6.07) is 6.22. The smallest absolute Gasteiger partial charge is 0.127 e. The zero-order chi connectivity index (χ0) is 14.8. The zero-order valence-electron chi connectivity index (χ0n) is 12.8. The molecular formula is C17H24ClNO2. The fourth-order valence-corrected chi connectivity index (χ4v) is 3.50. The highest BCUT2D eigenvalue weighted by Gasteiger charge is 2.37. The Bertz CT molecular complexity index is 494. The van der Waals surface area contributed by atoms with Gasteiger partial charge in [-0.25, -0.2) is 0 Å². The maximum atomic E-state index is 6.21. The van der Waals surface area contributed by atoms with Crippen molar-refractivity contribution in [3.05, 3.63) is 28.8 Å². The molecule has 21 heavy (non-hydrogen) atoms. The van der Waals surface area contributed by atoms with Gasteiger partial charge in [-0.05, 0) is 50.9 Å². The summed E-state index contributed by atoms with van der Waals surface area (Å²) >= 11 is 6.15. The molecule has 4 heteroatoms. The average Bonchev–Trinajstić information content (AvgIpc) is 2.91. The van der Waals surface area contributed by atoms with Crippen LogP contribution in [0, 0.1) is 0 Å². The number of hydrogen-bond donors (Lipinski definition) is 1.